The van der Waals surface area contributed by atoms with E-state index in [0.29, 0.717) is 27.4 Å². The van der Waals surface area contributed by atoms with Crippen LogP contribution in [0.1, 0.15) is 5.56 Å². The molecule has 3 aromatic rings. The minimum absolute atomic E-state index is 0.0701. The monoisotopic (exact) mass is 461 g/mol. The predicted molar refractivity (Wildman–Crippen MR) is 122 cm³/mol. The summed E-state index contributed by atoms with van der Waals surface area (Å²) in [5.41, 5.74) is 4.06. The summed E-state index contributed by atoms with van der Waals surface area (Å²) in [5, 5.41) is 15.7. The minimum atomic E-state index is -0.253. The molecule has 10 nitrogen and oxygen atoms in total. The fourth-order valence-electron chi connectivity index (χ4n) is 2.41. The van der Waals surface area contributed by atoms with Gasteiger partial charge in [0, 0.05) is 28.9 Å². The number of carbonyl (C=O) groups excluding carboxylic acids is 1. The van der Waals surface area contributed by atoms with Gasteiger partial charge in [-0.05, 0) is 17.7 Å². The van der Waals surface area contributed by atoms with Crippen LogP contribution in [0.4, 0.5) is 11.6 Å². The Labute approximate surface area is 187 Å². The van der Waals surface area contributed by atoms with Crippen LogP contribution in [-0.4, -0.2) is 47.0 Å². The Kier molecular flexibility index (Phi) is 7.57. The maximum atomic E-state index is 12.3. The number of hydrogen-bond acceptors (Lipinski definition) is 9. The summed E-state index contributed by atoms with van der Waals surface area (Å²) >= 11 is 7.06. The minimum Gasteiger partial charge on any atom is -0.497 e. The maximum absolute atomic E-state index is 12.3. The van der Waals surface area contributed by atoms with Crippen molar-refractivity contribution < 1.29 is 14.3 Å². The molecule has 3 rings (SSSR count). The average Bonchev–Trinajstić information content (AvgIpc) is 3.11. The van der Waals surface area contributed by atoms with Crippen molar-refractivity contribution in [1.82, 2.24) is 14.9 Å². The van der Waals surface area contributed by atoms with Crippen LogP contribution in [-0.2, 0) is 4.79 Å². The Balaban J connectivity index is 1.55. The van der Waals surface area contributed by atoms with Gasteiger partial charge in [-0.15, -0.1) is 10.2 Å². The molecule has 1 heterocycles. The largest absolute Gasteiger partial charge is 0.497 e. The van der Waals surface area contributed by atoms with E-state index in [9.17, 15) is 4.79 Å². The number of aromatic nitrogens is 3. The molecule has 0 aliphatic heterocycles. The third kappa shape index (κ3) is 6.27. The molecule has 1 amide bonds. The van der Waals surface area contributed by atoms with Gasteiger partial charge < -0.3 is 20.6 Å². The quantitative estimate of drug-likeness (QED) is 0.192. The van der Waals surface area contributed by atoms with Crippen LogP contribution in [0.25, 0.3) is 0 Å². The molecule has 0 saturated heterocycles. The fraction of sp³-hybridized carbons (Fsp3) is 0.158. The molecule has 0 radical (unpaired) electrons. The second-order valence-electron chi connectivity index (χ2n) is 6.04. The molecule has 0 saturated carbocycles. The Bertz CT molecular complexity index is 1070. The van der Waals surface area contributed by atoms with E-state index >= 15 is 0 Å². The third-order valence-corrected chi connectivity index (χ3v) is 5.04. The zero-order chi connectivity index (χ0) is 22.2. The van der Waals surface area contributed by atoms with Gasteiger partial charge in [0.2, 0.25) is 11.1 Å². The highest BCUT2D eigenvalue weighted by molar-refractivity contribution is 7.99. The number of amides is 1. The van der Waals surface area contributed by atoms with Gasteiger partial charge in [-0.1, -0.05) is 35.5 Å². The van der Waals surface area contributed by atoms with Crippen molar-refractivity contribution in [1.29, 1.82) is 0 Å². The highest BCUT2D eigenvalue weighted by Gasteiger charge is 2.13. The van der Waals surface area contributed by atoms with Crippen molar-refractivity contribution in [2.45, 2.75) is 5.16 Å². The molecule has 0 fully saturated rings. The SMILES string of the molecule is COc1cc(NC(=O)CSc2nnc(N/N=C/c3cccc(Cl)c3)n2N)cc(OC)c1. The number of nitrogens with two attached hydrogens (primary N) is 1. The second-order valence-corrected chi connectivity index (χ2v) is 7.42. The molecule has 0 spiro atoms. The first kappa shape index (κ1) is 22.2. The van der Waals surface area contributed by atoms with Gasteiger partial charge in [0.1, 0.15) is 11.5 Å². The Morgan fingerprint density at radius 2 is 1.97 bits per heavy atom. The molecule has 0 bridgehead atoms. The first-order chi connectivity index (χ1) is 15.0. The normalized spacial score (nSPS) is 10.8. The first-order valence-corrected chi connectivity index (χ1v) is 10.3. The lowest BCUT2D eigenvalue weighted by Gasteiger charge is -2.09. The number of methoxy groups -OCH3 is 2. The van der Waals surface area contributed by atoms with E-state index < -0.39 is 0 Å². The lowest BCUT2D eigenvalue weighted by Crippen LogP contribution is -2.17. The number of thioether (sulfide) groups is 1. The summed E-state index contributed by atoms with van der Waals surface area (Å²) < 4.78 is 11.6. The number of anilines is 2. The van der Waals surface area contributed by atoms with Gasteiger partial charge in [0.15, 0.2) is 0 Å². The number of nitrogens with zero attached hydrogens (tertiary/aromatic N) is 4. The Morgan fingerprint density at radius 3 is 2.65 bits per heavy atom. The van der Waals surface area contributed by atoms with Crippen LogP contribution in [0.5, 0.6) is 11.5 Å². The number of nitrogens with one attached hydrogen (secondary N) is 2. The summed E-state index contributed by atoms with van der Waals surface area (Å²) in [6.45, 7) is 0. The topological polar surface area (TPSA) is 129 Å². The molecule has 2 aromatic carbocycles. The number of hydrazone groups is 1. The zero-order valence-electron chi connectivity index (χ0n) is 16.7. The molecule has 1 aromatic heterocycles. The van der Waals surface area contributed by atoms with E-state index in [4.69, 9.17) is 26.9 Å². The van der Waals surface area contributed by atoms with E-state index in [1.807, 2.05) is 12.1 Å². The molecular weight excluding hydrogens is 442 g/mol. The number of carbonyl (C=O) groups is 1. The summed E-state index contributed by atoms with van der Waals surface area (Å²) in [4.78, 5) is 12.3. The van der Waals surface area contributed by atoms with Crippen molar-refractivity contribution in [3.05, 3.63) is 53.1 Å². The molecule has 0 atom stereocenters. The highest BCUT2D eigenvalue weighted by atomic mass is 35.5. The maximum Gasteiger partial charge on any atom is 0.264 e. The van der Waals surface area contributed by atoms with E-state index in [-0.39, 0.29) is 17.6 Å². The standard InChI is InChI=1S/C19H20ClN7O3S/c1-29-15-7-14(8-16(9-15)30-2)23-17(28)11-31-19-26-25-18(27(19)21)24-22-10-12-4-3-5-13(20)6-12/h3-10H,11,21H2,1-2H3,(H,23,28)(H,24,25)/b22-10+. The van der Waals surface area contributed by atoms with E-state index in [1.54, 1.807) is 36.5 Å². The molecule has 162 valence electrons. The van der Waals surface area contributed by atoms with E-state index in [1.165, 1.54) is 18.9 Å². The van der Waals surface area contributed by atoms with Gasteiger partial charge in [-0.3, -0.25) is 4.79 Å². The molecule has 31 heavy (non-hydrogen) atoms. The molecule has 0 aliphatic carbocycles. The van der Waals surface area contributed by atoms with Crippen molar-refractivity contribution >= 4 is 47.1 Å². The highest BCUT2D eigenvalue weighted by Crippen LogP contribution is 2.26. The smallest absolute Gasteiger partial charge is 0.264 e. The molecule has 4 N–H and O–H groups in total. The lowest BCUT2D eigenvalue weighted by atomic mass is 10.2. The number of benzene rings is 2. The van der Waals surface area contributed by atoms with Crippen LogP contribution in [0.2, 0.25) is 5.02 Å². The third-order valence-electron chi connectivity index (χ3n) is 3.86. The Morgan fingerprint density at radius 1 is 1.23 bits per heavy atom. The Hall–Kier alpha value is -3.44. The average molecular weight is 462 g/mol. The number of halogens is 1. The molecular formula is C19H20ClN7O3S. The predicted octanol–water partition coefficient (Wildman–Crippen LogP) is 2.84. The van der Waals surface area contributed by atoms with Crippen molar-refractivity contribution in [2.75, 3.05) is 36.6 Å². The van der Waals surface area contributed by atoms with Gasteiger partial charge in [-0.25, -0.2) is 10.1 Å². The fourth-order valence-corrected chi connectivity index (χ4v) is 3.27. The first-order valence-electron chi connectivity index (χ1n) is 8.89. The van der Waals surface area contributed by atoms with Crippen molar-refractivity contribution in [3.8, 4) is 11.5 Å². The summed E-state index contributed by atoms with van der Waals surface area (Å²) in [5.74, 6) is 7.14. The molecule has 12 heteroatoms. The van der Waals surface area contributed by atoms with Crippen LogP contribution in [0.15, 0.2) is 52.7 Å². The number of ether oxygens (including phenoxy) is 2. The van der Waals surface area contributed by atoms with E-state index in [2.05, 4.69) is 26.0 Å². The van der Waals surface area contributed by atoms with Gasteiger partial charge in [0.25, 0.3) is 5.95 Å². The van der Waals surface area contributed by atoms with Gasteiger partial charge >= 0.3 is 0 Å². The zero-order valence-corrected chi connectivity index (χ0v) is 18.3. The molecule has 0 unspecified atom stereocenters. The summed E-state index contributed by atoms with van der Waals surface area (Å²) in [7, 11) is 3.07. The summed E-state index contributed by atoms with van der Waals surface area (Å²) in [6, 6.07) is 12.3. The van der Waals surface area contributed by atoms with Crippen LogP contribution in [0, 0.1) is 0 Å². The van der Waals surface area contributed by atoms with Gasteiger partial charge in [0.05, 0.1) is 26.2 Å². The van der Waals surface area contributed by atoms with Crippen LogP contribution >= 0.6 is 23.4 Å². The lowest BCUT2D eigenvalue weighted by molar-refractivity contribution is -0.113. The second kappa shape index (κ2) is 10.5. The van der Waals surface area contributed by atoms with E-state index in [0.717, 1.165) is 17.3 Å². The summed E-state index contributed by atoms with van der Waals surface area (Å²) in [6.07, 6.45) is 1.57. The van der Waals surface area contributed by atoms with Gasteiger partial charge in [-0.2, -0.15) is 5.10 Å². The van der Waals surface area contributed by atoms with Crippen molar-refractivity contribution in [3.63, 3.8) is 0 Å². The number of rotatable bonds is 9. The number of hydrogen-bond donors (Lipinski definition) is 3. The van der Waals surface area contributed by atoms with Crippen LogP contribution < -0.4 is 26.1 Å². The van der Waals surface area contributed by atoms with Crippen molar-refractivity contribution in [2.24, 2.45) is 5.10 Å². The van der Waals surface area contributed by atoms with Crippen LogP contribution in [0.3, 0.4) is 0 Å². The molecule has 0 aliphatic rings. The number of nitrogen functional groups attached to an aromatic ring is 1.